The molecular weight excluding hydrogens is 302 g/mol. The van der Waals surface area contributed by atoms with Gasteiger partial charge in [0.15, 0.2) is 0 Å². The van der Waals surface area contributed by atoms with Crippen LogP contribution in [0.15, 0.2) is 12.1 Å². The highest BCUT2D eigenvalue weighted by Gasteiger charge is 2.39. The monoisotopic (exact) mass is 307 g/mol. The number of hydrogen-bond donors (Lipinski definition) is 1. The molecule has 0 aliphatic rings. The van der Waals surface area contributed by atoms with Gasteiger partial charge in [-0.2, -0.15) is 8.42 Å². The van der Waals surface area contributed by atoms with Crippen LogP contribution in [0, 0.1) is 30.3 Å². The van der Waals surface area contributed by atoms with Crippen molar-refractivity contribution in [2.24, 2.45) is 0 Å². The fourth-order valence-electron chi connectivity index (χ4n) is 1.45. The Morgan fingerprint density at radius 3 is 1.80 bits per heavy atom. The summed E-state index contributed by atoms with van der Waals surface area (Å²) in [7, 11) is -4.71. The Morgan fingerprint density at radius 1 is 0.950 bits per heavy atom. The maximum atomic E-state index is 10.8. The molecule has 13 heteroatoms. The average molecular weight is 307 g/mol. The molecule has 0 aromatic heterocycles. The molecule has 0 amide bonds. The first-order valence-corrected chi connectivity index (χ1v) is 6.19. The van der Waals surface area contributed by atoms with Crippen molar-refractivity contribution >= 4 is 27.2 Å². The molecule has 20 heavy (non-hydrogen) atoms. The Morgan fingerprint density at radius 2 is 1.45 bits per heavy atom. The molecule has 12 nitrogen and oxygen atoms in total. The van der Waals surface area contributed by atoms with Gasteiger partial charge in [0.05, 0.1) is 20.3 Å². The second-order valence-electron chi connectivity index (χ2n) is 3.44. The van der Waals surface area contributed by atoms with Crippen LogP contribution in [-0.2, 0) is 15.9 Å². The molecule has 0 aliphatic carbocycles. The number of nitrogens with zero attached hydrogens (tertiary/aromatic N) is 3. The van der Waals surface area contributed by atoms with E-state index in [9.17, 15) is 38.8 Å². The van der Waals surface area contributed by atoms with E-state index in [0.717, 1.165) is 0 Å². The molecule has 0 unspecified atom stereocenters. The number of nitro benzene ring substituents is 3. The first-order valence-electron chi connectivity index (χ1n) is 4.59. The van der Waals surface area contributed by atoms with Gasteiger partial charge in [-0.3, -0.25) is 34.9 Å². The topological polar surface area (TPSA) is 184 Å². The zero-order chi connectivity index (χ0) is 15.7. The Hall–Kier alpha value is -2.67. The van der Waals surface area contributed by atoms with Crippen LogP contribution in [0.5, 0.6) is 0 Å². The SMILES string of the molecule is O=[N+]([O-])c1ccc(CS(=O)(=O)O)c([N+](=O)[O-])c1[N+](=O)[O-]. The van der Waals surface area contributed by atoms with E-state index >= 15 is 0 Å². The van der Waals surface area contributed by atoms with Gasteiger partial charge in [0.25, 0.3) is 10.1 Å². The summed E-state index contributed by atoms with van der Waals surface area (Å²) in [5.41, 5.74) is -4.67. The van der Waals surface area contributed by atoms with Crippen LogP contribution >= 0.6 is 0 Å². The fraction of sp³-hybridized carbons (Fsp3) is 0.143. The molecule has 1 aromatic carbocycles. The third kappa shape index (κ3) is 3.21. The van der Waals surface area contributed by atoms with Gasteiger partial charge in [0.2, 0.25) is 0 Å². The second kappa shape index (κ2) is 5.14. The highest BCUT2D eigenvalue weighted by Crippen LogP contribution is 2.39. The summed E-state index contributed by atoms with van der Waals surface area (Å²) in [6, 6.07) is 1.22. The molecule has 1 aromatic rings. The summed E-state index contributed by atoms with van der Waals surface area (Å²) in [4.78, 5) is 28.3. The van der Waals surface area contributed by atoms with Crippen molar-refractivity contribution < 1.29 is 27.7 Å². The van der Waals surface area contributed by atoms with Gasteiger partial charge in [-0.1, -0.05) is 0 Å². The van der Waals surface area contributed by atoms with Gasteiger partial charge in [-0.05, 0) is 6.07 Å². The quantitative estimate of drug-likeness (QED) is 0.466. The van der Waals surface area contributed by atoms with Crippen molar-refractivity contribution in [1.82, 2.24) is 0 Å². The minimum atomic E-state index is -4.71. The Balaban J connectivity index is 3.74. The molecule has 0 radical (unpaired) electrons. The molecule has 0 saturated carbocycles. The average Bonchev–Trinajstić information content (AvgIpc) is 2.24. The molecule has 0 heterocycles. The minimum absolute atomic E-state index is 0.561. The number of benzene rings is 1. The van der Waals surface area contributed by atoms with Gasteiger partial charge in [-0.25, -0.2) is 0 Å². The van der Waals surface area contributed by atoms with E-state index in [1.54, 1.807) is 0 Å². The fourth-order valence-corrected chi connectivity index (χ4v) is 2.08. The van der Waals surface area contributed by atoms with E-state index < -0.39 is 53.3 Å². The highest BCUT2D eigenvalue weighted by molar-refractivity contribution is 7.85. The smallest absolute Gasteiger partial charge is 0.285 e. The number of rotatable bonds is 5. The van der Waals surface area contributed by atoms with Crippen molar-refractivity contribution in [3.8, 4) is 0 Å². The van der Waals surface area contributed by atoms with Crippen LogP contribution in [-0.4, -0.2) is 27.7 Å². The normalized spacial score (nSPS) is 11.1. The highest BCUT2D eigenvalue weighted by atomic mass is 32.2. The third-order valence-electron chi connectivity index (χ3n) is 2.11. The lowest BCUT2D eigenvalue weighted by Crippen LogP contribution is -2.08. The van der Waals surface area contributed by atoms with E-state index in [2.05, 4.69) is 0 Å². The van der Waals surface area contributed by atoms with Crippen LogP contribution in [0.4, 0.5) is 17.1 Å². The first kappa shape index (κ1) is 15.4. The largest absolute Gasteiger partial charge is 0.422 e. The molecule has 108 valence electrons. The van der Waals surface area contributed by atoms with Gasteiger partial charge in [-0.15, -0.1) is 0 Å². The second-order valence-corrected chi connectivity index (χ2v) is 4.89. The Labute approximate surface area is 109 Å². The summed E-state index contributed by atoms with van der Waals surface area (Å²) in [6.07, 6.45) is 0. The van der Waals surface area contributed by atoms with Crippen molar-refractivity contribution in [2.45, 2.75) is 5.75 Å². The first-order chi connectivity index (χ1) is 9.04. The maximum absolute atomic E-state index is 10.8. The molecule has 0 aliphatic heterocycles. The van der Waals surface area contributed by atoms with Crippen LogP contribution in [0.1, 0.15) is 5.56 Å². The summed E-state index contributed by atoms with van der Waals surface area (Å²) >= 11 is 0. The van der Waals surface area contributed by atoms with Crippen LogP contribution in [0.3, 0.4) is 0 Å². The standard InChI is InChI=1S/C7H5N3O9S/c11-8(12)5-2-1-4(3-20(17,18)19)6(9(13)14)7(5)10(15)16/h1-2H,3H2,(H,17,18,19). The van der Waals surface area contributed by atoms with Gasteiger partial charge < -0.3 is 0 Å². The number of nitro groups is 3. The van der Waals surface area contributed by atoms with E-state index in [0.29, 0.717) is 12.1 Å². The molecule has 0 bridgehead atoms. The Kier molecular flexibility index (Phi) is 3.95. The predicted molar refractivity (Wildman–Crippen MR) is 61.7 cm³/mol. The summed E-state index contributed by atoms with van der Waals surface area (Å²) < 4.78 is 30.0. The van der Waals surface area contributed by atoms with Gasteiger partial charge in [0, 0.05) is 6.07 Å². The van der Waals surface area contributed by atoms with E-state index in [1.165, 1.54) is 0 Å². The molecule has 1 rings (SSSR count). The molecule has 0 spiro atoms. The summed E-state index contributed by atoms with van der Waals surface area (Å²) in [5, 5.41) is 32.2. The van der Waals surface area contributed by atoms with Crippen molar-refractivity contribution in [2.75, 3.05) is 0 Å². The zero-order valence-electron chi connectivity index (χ0n) is 9.32. The molecule has 1 N–H and O–H groups in total. The van der Waals surface area contributed by atoms with Crippen molar-refractivity contribution in [3.63, 3.8) is 0 Å². The van der Waals surface area contributed by atoms with E-state index in [1.807, 2.05) is 0 Å². The van der Waals surface area contributed by atoms with Gasteiger partial charge in [0.1, 0.15) is 5.75 Å². The molecule has 0 atom stereocenters. The van der Waals surface area contributed by atoms with Crippen LogP contribution in [0.25, 0.3) is 0 Å². The Bertz CT molecular complexity index is 710. The zero-order valence-corrected chi connectivity index (χ0v) is 10.1. The molecule has 0 saturated heterocycles. The van der Waals surface area contributed by atoms with Crippen LogP contribution in [0.2, 0.25) is 0 Å². The number of hydrogen-bond acceptors (Lipinski definition) is 8. The third-order valence-corrected chi connectivity index (χ3v) is 2.79. The lowest BCUT2D eigenvalue weighted by molar-refractivity contribution is -0.441. The minimum Gasteiger partial charge on any atom is -0.285 e. The molecular formula is C7H5N3O9S. The van der Waals surface area contributed by atoms with E-state index in [4.69, 9.17) is 4.55 Å². The summed E-state index contributed by atoms with van der Waals surface area (Å²) in [6.45, 7) is 0. The maximum Gasteiger partial charge on any atom is 0.422 e. The summed E-state index contributed by atoms with van der Waals surface area (Å²) in [5.74, 6) is -1.28. The predicted octanol–water partition coefficient (Wildman–Crippen LogP) is 0.799. The lowest BCUT2D eigenvalue weighted by atomic mass is 10.1. The van der Waals surface area contributed by atoms with Crippen molar-refractivity contribution in [1.29, 1.82) is 0 Å². The van der Waals surface area contributed by atoms with Gasteiger partial charge >= 0.3 is 17.1 Å². The lowest BCUT2D eigenvalue weighted by Gasteiger charge is -2.02. The van der Waals surface area contributed by atoms with E-state index in [-0.39, 0.29) is 0 Å². The van der Waals surface area contributed by atoms with Crippen molar-refractivity contribution in [3.05, 3.63) is 48.0 Å². The molecule has 0 fully saturated rings. The van der Waals surface area contributed by atoms with Crippen LogP contribution < -0.4 is 0 Å².